The van der Waals surface area contributed by atoms with Crippen LogP contribution in [0.5, 0.6) is 0 Å². The molecular formula is C14H18N6O. The van der Waals surface area contributed by atoms with Crippen LogP contribution in [0.15, 0.2) is 18.5 Å². The van der Waals surface area contributed by atoms with E-state index in [-0.39, 0.29) is 11.9 Å². The van der Waals surface area contributed by atoms with Gasteiger partial charge in [0, 0.05) is 24.4 Å². The Hall–Kier alpha value is -2.18. The summed E-state index contributed by atoms with van der Waals surface area (Å²) in [5, 5.41) is 15.0. The lowest BCUT2D eigenvalue weighted by molar-refractivity contribution is 0.0715. The number of hydrogen-bond donors (Lipinski definition) is 1. The fourth-order valence-electron chi connectivity index (χ4n) is 3.04. The topological polar surface area (TPSA) is 79.7 Å². The van der Waals surface area contributed by atoms with E-state index in [0.29, 0.717) is 18.2 Å². The van der Waals surface area contributed by atoms with Gasteiger partial charge >= 0.3 is 0 Å². The molecule has 1 aliphatic carbocycles. The molecule has 110 valence electrons. The first kappa shape index (κ1) is 12.6. The summed E-state index contributed by atoms with van der Waals surface area (Å²) in [5.41, 5.74) is 1.65. The Kier molecular flexibility index (Phi) is 2.98. The van der Waals surface area contributed by atoms with Crippen LogP contribution in [0.2, 0.25) is 0 Å². The first-order valence-electron chi connectivity index (χ1n) is 7.51. The zero-order chi connectivity index (χ0) is 14.2. The Labute approximate surface area is 122 Å². The summed E-state index contributed by atoms with van der Waals surface area (Å²) in [6, 6.07) is 2.10. The van der Waals surface area contributed by atoms with Crippen molar-refractivity contribution >= 4 is 5.91 Å². The monoisotopic (exact) mass is 286 g/mol. The van der Waals surface area contributed by atoms with E-state index in [1.165, 1.54) is 12.8 Å². The lowest BCUT2D eigenvalue weighted by atomic mass is 10.2. The van der Waals surface area contributed by atoms with E-state index in [9.17, 15) is 4.79 Å². The molecule has 2 aromatic heterocycles. The van der Waals surface area contributed by atoms with E-state index in [2.05, 4.69) is 20.5 Å². The van der Waals surface area contributed by atoms with Gasteiger partial charge in [0.25, 0.3) is 5.91 Å². The minimum Gasteiger partial charge on any atom is -0.332 e. The van der Waals surface area contributed by atoms with Gasteiger partial charge < -0.3 is 4.90 Å². The van der Waals surface area contributed by atoms with E-state index in [4.69, 9.17) is 0 Å². The van der Waals surface area contributed by atoms with Crippen molar-refractivity contribution in [1.29, 1.82) is 0 Å². The number of amides is 1. The number of aromatic nitrogens is 5. The quantitative estimate of drug-likeness (QED) is 0.915. The molecule has 0 bridgehead atoms. The van der Waals surface area contributed by atoms with Crippen molar-refractivity contribution in [2.75, 3.05) is 6.54 Å². The number of carbonyl (C=O) groups excluding carboxylic acids is 1. The van der Waals surface area contributed by atoms with Crippen molar-refractivity contribution < 1.29 is 4.79 Å². The number of nitrogens with one attached hydrogen (secondary N) is 1. The molecule has 1 saturated carbocycles. The second-order valence-electron chi connectivity index (χ2n) is 5.90. The van der Waals surface area contributed by atoms with Crippen LogP contribution in [0.1, 0.15) is 47.8 Å². The smallest absolute Gasteiger partial charge is 0.274 e. The van der Waals surface area contributed by atoms with E-state index in [1.807, 2.05) is 17.2 Å². The average Bonchev–Trinajstić information content (AvgIpc) is 2.96. The number of likely N-dealkylation sites (tertiary alicyclic amines) is 1. The fraction of sp³-hybridized carbons (Fsp3) is 0.571. The molecule has 1 aliphatic heterocycles. The van der Waals surface area contributed by atoms with Crippen LogP contribution in [-0.2, 0) is 6.54 Å². The molecule has 1 atom stereocenters. The first-order valence-corrected chi connectivity index (χ1v) is 7.51. The van der Waals surface area contributed by atoms with Crippen LogP contribution in [0, 0.1) is 0 Å². The minimum absolute atomic E-state index is 0.0285. The number of rotatable bonds is 4. The molecule has 1 saturated heterocycles. The SMILES string of the molecule is O=C(c1cc(C2CC2)[nH]n1)N1CCC[C@H]1Cn1ccnn1. The summed E-state index contributed by atoms with van der Waals surface area (Å²) in [6.07, 6.45) is 7.94. The van der Waals surface area contributed by atoms with Gasteiger partial charge in [-0.2, -0.15) is 5.10 Å². The van der Waals surface area contributed by atoms with Crippen LogP contribution in [-0.4, -0.2) is 48.6 Å². The Morgan fingerprint density at radius 1 is 1.38 bits per heavy atom. The summed E-state index contributed by atoms with van der Waals surface area (Å²) in [5.74, 6) is 0.615. The summed E-state index contributed by atoms with van der Waals surface area (Å²) < 4.78 is 1.79. The van der Waals surface area contributed by atoms with Crippen molar-refractivity contribution in [1.82, 2.24) is 30.1 Å². The largest absolute Gasteiger partial charge is 0.332 e. The molecule has 0 unspecified atom stereocenters. The predicted molar refractivity (Wildman–Crippen MR) is 74.6 cm³/mol. The highest BCUT2D eigenvalue weighted by Crippen LogP contribution is 2.39. The van der Waals surface area contributed by atoms with Crippen LogP contribution in [0.25, 0.3) is 0 Å². The molecule has 7 heteroatoms. The Bertz CT molecular complexity index is 630. The second-order valence-corrected chi connectivity index (χ2v) is 5.90. The van der Waals surface area contributed by atoms with Gasteiger partial charge in [0.15, 0.2) is 0 Å². The molecule has 21 heavy (non-hydrogen) atoms. The molecule has 4 rings (SSSR count). The molecule has 2 aliphatic rings. The zero-order valence-electron chi connectivity index (χ0n) is 11.8. The Morgan fingerprint density at radius 2 is 2.29 bits per heavy atom. The summed E-state index contributed by atoms with van der Waals surface area (Å²) in [7, 11) is 0. The van der Waals surface area contributed by atoms with Crippen LogP contribution < -0.4 is 0 Å². The van der Waals surface area contributed by atoms with Crippen LogP contribution >= 0.6 is 0 Å². The standard InChI is InChI=1S/C14H18N6O/c21-14(13-8-12(16-17-13)10-3-4-10)20-6-1-2-11(20)9-19-7-5-15-18-19/h5,7-8,10-11H,1-4,6,9H2,(H,16,17)/t11-/m0/s1. The number of nitrogens with zero attached hydrogens (tertiary/aromatic N) is 5. The normalized spacial score (nSPS) is 21.9. The maximum Gasteiger partial charge on any atom is 0.274 e. The average molecular weight is 286 g/mol. The van der Waals surface area contributed by atoms with Crippen LogP contribution in [0.4, 0.5) is 0 Å². The van der Waals surface area contributed by atoms with Crippen molar-refractivity contribution in [3.8, 4) is 0 Å². The molecule has 7 nitrogen and oxygen atoms in total. The molecule has 2 aromatic rings. The number of carbonyl (C=O) groups is 1. The maximum absolute atomic E-state index is 12.6. The first-order chi connectivity index (χ1) is 10.3. The predicted octanol–water partition coefficient (Wildman–Crippen LogP) is 1.18. The van der Waals surface area contributed by atoms with Gasteiger partial charge in [-0.1, -0.05) is 5.21 Å². The van der Waals surface area contributed by atoms with Crippen molar-refractivity contribution in [3.63, 3.8) is 0 Å². The fourth-order valence-corrected chi connectivity index (χ4v) is 3.04. The lowest BCUT2D eigenvalue weighted by Gasteiger charge is -2.23. The van der Waals surface area contributed by atoms with E-state index in [1.54, 1.807) is 10.9 Å². The molecule has 0 spiro atoms. The molecule has 0 radical (unpaired) electrons. The third kappa shape index (κ3) is 2.43. The maximum atomic E-state index is 12.6. The van der Waals surface area contributed by atoms with Crippen molar-refractivity contribution in [3.05, 3.63) is 29.8 Å². The highest BCUT2D eigenvalue weighted by molar-refractivity contribution is 5.92. The van der Waals surface area contributed by atoms with Crippen molar-refractivity contribution in [2.24, 2.45) is 0 Å². The van der Waals surface area contributed by atoms with Crippen molar-refractivity contribution in [2.45, 2.75) is 44.2 Å². The summed E-state index contributed by atoms with van der Waals surface area (Å²) in [6.45, 7) is 1.50. The molecule has 0 aromatic carbocycles. The third-order valence-corrected chi connectivity index (χ3v) is 4.34. The molecular weight excluding hydrogens is 268 g/mol. The van der Waals surface area contributed by atoms with Crippen LogP contribution in [0.3, 0.4) is 0 Å². The molecule has 3 heterocycles. The van der Waals surface area contributed by atoms with E-state index < -0.39 is 0 Å². The summed E-state index contributed by atoms with van der Waals surface area (Å²) in [4.78, 5) is 14.6. The molecule has 2 fully saturated rings. The Morgan fingerprint density at radius 3 is 3.05 bits per heavy atom. The minimum atomic E-state index is 0.0285. The van der Waals surface area contributed by atoms with Gasteiger partial charge in [-0.3, -0.25) is 14.6 Å². The van der Waals surface area contributed by atoms with E-state index >= 15 is 0 Å². The third-order valence-electron chi connectivity index (χ3n) is 4.34. The number of aromatic amines is 1. The lowest BCUT2D eigenvalue weighted by Crippen LogP contribution is -2.38. The number of hydrogen-bond acceptors (Lipinski definition) is 4. The second kappa shape index (κ2) is 4.98. The molecule has 1 amide bonds. The van der Waals surface area contributed by atoms with Gasteiger partial charge in [-0.05, 0) is 31.7 Å². The van der Waals surface area contributed by atoms with Gasteiger partial charge in [-0.25, -0.2) is 0 Å². The Balaban J connectivity index is 1.48. The van der Waals surface area contributed by atoms with Gasteiger partial charge in [0.2, 0.25) is 0 Å². The number of H-pyrrole nitrogens is 1. The van der Waals surface area contributed by atoms with Gasteiger partial charge in [0.05, 0.1) is 18.8 Å². The highest BCUT2D eigenvalue weighted by atomic mass is 16.2. The van der Waals surface area contributed by atoms with Gasteiger partial charge in [0.1, 0.15) is 5.69 Å². The zero-order valence-corrected chi connectivity index (χ0v) is 11.8. The summed E-state index contributed by atoms with van der Waals surface area (Å²) >= 11 is 0. The van der Waals surface area contributed by atoms with Gasteiger partial charge in [-0.15, -0.1) is 5.10 Å². The van der Waals surface area contributed by atoms with E-state index in [0.717, 1.165) is 25.1 Å². The highest BCUT2D eigenvalue weighted by Gasteiger charge is 2.32. The molecule has 1 N–H and O–H groups in total.